The van der Waals surface area contributed by atoms with Crippen molar-refractivity contribution in [2.45, 2.75) is 13.2 Å². The lowest BCUT2D eigenvalue weighted by Gasteiger charge is -2.06. The molecule has 0 amide bonds. The zero-order chi connectivity index (χ0) is 13.9. The number of hydrogen-bond donors (Lipinski definition) is 1. The quantitative estimate of drug-likeness (QED) is 0.790. The summed E-state index contributed by atoms with van der Waals surface area (Å²) in [6.45, 7) is 0.990. The van der Waals surface area contributed by atoms with Crippen LogP contribution in [0.15, 0.2) is 48.5 Å². The average Bonchev–Trinajstić information content (AvgIpc) is 2.82. The van der Waals surface area contributed by atoms with Crippen LogP contribution in [0.2, 0.25) is 0 Å². The van der Waals surface area contributed by atoms with E-state index in [1.54, 1.807) is 0 Å². The van der Waals surface area contributed by atoms with Crippen LogP contribution in [0.1, 0.15) is 11.4 Å². The molecule has 0 unspecified atom stereocenters. The first-order chi connectivity index (χ1) is 9.78. The highest BCUT2D eigenvalue weighted by molar-refractivity contribution is 5.76. The van der Waals surface area contributed by atoms with Gasteiger partial charge in [0.2, 0.25) is 0 Å². The van der Waals surface area contributed by atoms with E-state index in [4.69, 9.17) is 10.5 Å². The largest absolute Gasteiger partial charge is 0.486 e. The van der Waals surface area contributed by atoms with E-state index in [1.165, 1.54) is 0 Å². The molecule has 0 fully saturated rings. The van der Waals surface area contributed by atoms with E-state index in [2.05, 4.69) is 15.6 Å². The lowest BCUT2D eigenvalue weighted by Crippen LogP contribution is -2.03. The number of aryl methyl sites for hydroxylation is 1. The molecule has 0 bridgehead atoms. The van der Waals surface area contributed by atoms with Gasteiger partial charge in [-0.15, -0.1) is 0 Å². The van der Waals surface area contributed by atoms with Crippen molar-refractivity contribution in [3.8, 4) is 5.75 Å². The van der Waals surface area contributed by atoms with Gasteiger partial charge in [0.1, 0.15) is 18.2 Å². The fraction of sp³-hybridized carbons (Fsp3) is 0.188. The maximum Gasteiger partial charge on any atom is 0.147 e. The maximum absolute atomic E-state index is 5.75. The summed E-state index contributed by atoms with van der Waals surface area (Å²) in [6.07, 6.45) is 0. The summed E-state index contributed by atoms with van der Waals surface area (Å²) in [7, 11) is 2.00. The van der Waals surface area contributed by atoms with Crippen LogP contribution in [0.4, 0.5) is 0 Å². The minimum absolute atomic E-state index is 0.452. The fourth-order valence-electron chi connectivity index (χ4n) is 2.21. The Balaban J connectivity index is 1.86. The van der Waals surface area contributed by atoms with E-state index < -0.39 is 0 Å². The number of nitrogens with zero attached hydrogens (tertiary/aromatic N) is 2. The number of ether oxygens (including phenoxy) is 1. The third-order valence-corrected chi connectivity index (χ3v) is 3.38. The van der Waals surface area contributed by atoms with Gasteiger partial charge in [-0.25, -0.2) is 4.98 Å². The van der Waals surface area contributed by atoms with Gasteiger partial charge in [0.25, 0.3) is 0 Å². The van der Waals surface area contributed by atoms with Gasteiger partial charge in [-0.3, -0.25) is 0 Å². The second kappa shape index (κ2) is 5.35. The van der Waals surface area contributed by atoms with Crippen molar-refractivity contribution >= 4 is 11.0 Å². The van der Waals surface area contributed by atoms with Crippen molar-refractivity contribution in [3.63, 3.8) is 0 Å². The number of imidazole rings is 1. The van der Waals surface area contributed by atoms with Crippen molar-refractivity contribution in [1.29, 1.82) is 0 Å². The lowest BCUT2D eigenvalue weighted by atomic mass is 10.2. The molecule has 1 heterocycles. The number of benzene rings is 2. The van der Waals surface area contributed by atoms with Gasteiger partial charge in [-0.1, -0.05) is 24.3 Å². The summed E-state index contributed by atoms with van der Waals surface area (Å²) in [5.74, 6) is 1.75. The Morgan fingerprint density at radius 1 is 1.15 bits per heavy atom. The standard InChI is InChI=1S/C16H17N3O/c1-19-15-9-12(10-17)7-8-14(15)18-16(19)11-20-13-5-3-2-4-6-13/h2-9H,10-11,17H2,1H3. The van der Waals surface area contributed by atoms with Crippen LogP contribution in [0.5, 0.6) is 5.75 Å². The minimum atomic E-state index is 0.452. The van der Waals surface area contributed by atoms with Gasteiger partial charge < -0.3 is 15.0 Å². The fourth-order valence-corrected chi connectivity index (χ4v) is 2.21. The highest BCUT2D eigenvalue weighted by Crippen LogP contribution is 2.18. The van der Waals surface area contributed by atoms with E-state index in [9.17, 15) is 0 Å². The van der Waals surface area contributed by atoms with Crippen LogP contribution in [0, 0.1) is 0 Å². The molecule has 0 spiro atoms. The highest BCUT2D eigenvalue weighted by atomic mass is 16.5. The Labute approximate surface area is 117 Å². The molecule has 3 aromatic rings. The molecule has 0 aliphatic carbocycles. The molecule has 0 radical (unpaired) electrons. The van der Waals surface area contributed by atoms with Gasteiger partial charge in [0, 0.05) is 13.6 Å². The van der Waals surface area contributed by atoms with E-state index in [1.807, 2.05) is 49.5 Å². The van der Waals surface area contributed by atoms with Crippen LogP contribution in [-0.2, 0) is 20.2 Å². The van der Waals surface area contributed by atoms with Crippen molar-refractivity contribution in [1.82, 2.24) is 9.55 Å². The van der Waals surface area contributed by atoms with Gasteiger partial charge in [0.05, 0.1) is 11.0 Å². The van der Waals surface area contributed by atoms with Crippen LogP contribution in [-0.4, -0.2) is 9.55 Å². The predicted octanol–water partition coefficient (Wildman–Crippen LogP) is 2.61. The molecule has 0 atom stereocenters. The molecule has 102 valence electrons. The maximum atomic E-state index is 5.75. The average molecular weight is 267 g/mol. The molecule has 0 aliphatic rings. The third-order valence-electron chi connectivity index (χ3n) is 3.38. The summed E-state index contributed by atoms with van der Waals surface area (Å²) in [4.78, 5) is 4.60. The molecule has 2 aromatic carbocycles. The van der Waals surface area contributed by atoms with Crippen molar-refractivity contribution in [2.24, 2.45) is 12.8 Å². The van der Waals surface area contributed by atoms with E-state index in [0.29, 0.717) is 13.2 Å². The van der Waals surface area contributed by atoms with Crippen molar-refractivity contribution in [2.75, 3.05) is 0 Å². The number of hydrogen-bond acceptors (Lipinski definition) is 3. The molecule has 0 saturated heterocycles. The first-order valence-corrected chi connectivity index (χ1v) is 6.60. The number of fused-ring (bicyclic) bond motifs is 1. The Bertz CT molecular complexity index is 719. The SMILES string of the molecule is Cn1c(COc2ccccc2)nc2ccc(CN)cc21. The third kappa shape index (κ3) is 2.38. The molecule has 4 heteroatoms. The number of aromatic nitrogens is 2. The number of para-hydroxylation sites is 1. The Morgan fingerprint density at radius 2 is 1.95 bits per heavy atom. The Kier molecular flexibility index (Phi) is 3.39. The summed E-state index contributed by atoms with van der Waals surface area (Å²) in [5.41, 5.74) is 8.84. The molecular weight excluding hydrogens is 250 g/mol. The monoisotopic (exact) mass is 267 g/mol. The molecule has 0 saturated carbocycles. The first kappa shape index (κ1) is 12.7. The Morgan fingerprint density at radius 3 is 2.70 bits per heavy atom. The van der Waals surface area contributed by atoms with Gasteiger partial charge >= 0.3 is 0 Å². The van der Waals surface area contributed by atoms with Crippen molar-refractivity contribution in [3.05, 3.63) is 59.9 Å². The summed E-state index contributed by atoms with van der Waals surface area (Å²) >= 11 is 0. The van der Waals surface area contributed by atoms with Gasteiger partial charge in [-0.05, 0) is 29.8 Å². The Hall–Kier alpha value is -2.33. The molecule has 2 N–H and O–H groups in total. The van der Waals surface area contributed by atoms with Crippen molar-refractivity contribution < 1.29 is 4.74 Å². The molecule has 1 aromatic heterocycles. The van der Waals surface area contributed by atoms with E-state index >= 15 is 0 Å². The van der Waals surface area contributed by atoms with E-state index in [0.717, 1.165) is 28.2 Å². The molecule has 3 rings (SSSR count). The number of rotatable bonds is 4. The van der Waals surface area contributed by atoms with Crippen LogP contribution >= 0.6 is 0 Å². The normalized spacial score (nSPS) is 10.9. The van der Waals surface area contributed by atoms with Crippen LogP contribution < -0.4 is 10.5 Å². The highest BCUT2D eigenvalue weighted by Gasteiger charge is 2.08. The zero-order valence-corrected chi connectivity index (χ0v) is 11.4. The predicted molar refractivity (Wildman–Crippen MR) is 79.4 cm³/mol. The molecule has 20 heavy (non-hydrogen) atoms. The van der Waals surface area contributed by atoms with Crippen LogP contribution in [0.25, 0.3) is 11.0 Å². The zero-order valence-electron chi connectivity index (χ0n) is 11.4. The molecule has 4 nitrogen and oxygen atoms in total. The van der Waals surface area contributed by atoms with Gasteiger partial charge in [0.15, 0.2) is 0 Å². The summed E-state index contributed by atoms with van der Waals surface area (Å²) < 4.78 is 7.80. The molecular formula is C16H17N3O. The topological polar surface area (TPSA) is 53.1 Å². The van der Waals surface area contributed by atoms with E-state index in [-0.39, 0.29) is 0 Å². The van der Waals surface area contributed by atoms with Crippen LogP contribution in [0.3, 0.4) is 0 Å². The second-order valence-corrected chi connectivity index (χ2v) is 4.72. The lowest BCUT2D eigenvalue weighted by molar-refractivity contribution is 0.292. The minimum Gasteiger partial charge on any atom is -0.486 e. The first-order valence-electron chi connectivity index (χ1n) is 6.60. The van der Waals surface area contributed by atoms with Gasteiger partial charge in [-0.2, -0.15) is 0 Å². The summed E-state index contributed by atoms with van der Waals surface area (Å²) in [6, 6.07) is 15.9. The smallest absolute Gasteiger partial charge is 0.147 e. The second-order valence-electron chi connectivity index (χ2n) is 4.72. The number of nitrogens with two attached hydrogens (primary N) is 1. The molecule has 0 aliphatic heterocycles. The summed E-state index contributed by atoms with van der Waals surface area (Å²) in [5, 5.41) is 0.